The number of aliphatic hydroxyl groups excluding tert-OH is 1. The summed E-state index contributed by atoms with van der Waals surface area (Å²) in [5.74, 6) is 0. The molecule has 2 nitrogen and oxygen atoms in total. The van der Waals surface area contributed by atoms with E-state index in [9.17, 15) is 5.11 Å². The van der Waals surface area contributed by atoms with Crippen LogP contribution in [0.2, 0.25) is 0 Å². The van der Waals surface area contributed by atoms with Crippen molar-refractivity contribution in [2.75, 3.05) is 6.61 Å². The van der Waals surface area contributed by atoms with Gasteiger partial charge in [0.15, 0.2) is 0 Å². The molecule has 1 aliphatic rings. The fourth-order valence-corrected chi connectivity index (χ4v) is 2.24. The highest BCUT2D eigenvalue weighted by atomic mass is 16.3. The minimum atomic E-state index is -0.00403. The van der Waals surface area contributed by atoms with Crippen molar-refractivity contribution in [3.63, 3.8) is 0 Å². The second kappa shape index (κ2) is 2.55. The SMILES string of the molecule is CC1(C)CC1(CO)c1ccncc1. The summed E-state index contributed by atoms with van der Waals surface area (Å²) in [6.07, 6.45) is 4.66. The maximum Gasteiger partial charge on any atom is 0.0533 e. The van der Waals surface area contributed by atoms with E-state index in [-0.39, 0.29) is 17.4 Å². The molecule has 0 spiro atoms. The van der Waals surface area contributed by atoms with Gasteiger partial charge in [0, 0.05) is 17.8 Å². The molecule has 0 aliphatic heterocycles. The Morgan fingerprint density at radius 1 is 1.38 bits per heavy atom. The molecule has 1 unspecified atom stereocenters. The lowest BCUT2D eigenvalue weighted by Gasteiger charge is -2.17. The molecule has 2 heteroatoms. The third kappa shape index (κ3) is 1.09. The van der Waals surface area contributed by atoms with Gasteiger partial charge in [0.1, 0.15) is 0 Å². The highest BCUT2D eigenvalue weighted by molar-refractivity contribution is 5.35. The Morgan fingerprint density at radius 2 is 1.92 bits per heavy atom. The Balaban J connectivity index is 2.37. The van der Waals surface area contributed by atoms with Crippen LogP contribution < -0.4 is 0 Å². The molecular formula is C11H15NO. The monoisotopic (exact) mass is 177 g/mol. The smallest absolute Gasteiger partial charge is 0.0533 e. The zero-order valence-electron chi connectivity index (χ0n) is 8.12. The second-order valence-electron chi connectivity index (χ2n) is 4.54. The Hall–Kier alpha value is -0.890. The van der Waals surface area contributed by atoms with Gasteiger partial charge in [-0.3, -0.25) is 4.98 Å². The molecule has 1 saturated carbocycles. The zero-order valence-corrected chi connectivity index (χ0v) is 8.12. The van der Waals surface area contributed by atoms with Gasteiger partial charge in [0.25, 0.3) is 0 Å². The van der Waals surface area contributed by atoms with Gasteiger partial charge in [-0.2, -0.15) is 0 Å². The van der Waals surface area contributed by atoms with Crippen LogP contribution >= 0.6 is 0 Å². The van der Waals surface area contributed by atoms with Crippen molar-refractivity contribution < 1.29 is 5.11 Å². The first-order valence-corrected chi connectivity index (χ1v) is 4.64. The van der Waals surface area contributed by atoms with E-state index in [1.165, 1.54) is 5.56 Å². The lowest BCUT2D eigenvalue weighted by molar-refractivity contribution is 0.231. The number of hydrogen-bond acceptors (Lipinski definition) is 2. The fourth-order valence-electron chi connectivity index (χ4n) is 2.24. The van der Waals surface area contributed by atoms with Crippen LogP contribution in [0.15, 0.2) is 24.5 Å². The molecule has 0 aromatic carbocycles. The molecule has 13 heavy (non-hydrogen) atoms. The molecular weight excluding hydrogens is 162 g/mol. The van der Waals surface area contributed by atoms with Crippen molar-refractivity contribution in [2.24, 2.45) is 5.41 Å². The maximum absolute atomic E-state index is 9.43. The van der Waals surface area contributed by atoms with Gasteiger partial charge in [0.2, 0.25) is 0 Å². The molecule has 70 valence electrons. The van der Waals surface area contributed by atoms with Crippen LogP contribution in [-0.4, -0.2) is 16.7 Å². The summed E-state index contributed by atoms with van der Waals surface area (Å²) in [7, 11) is 0. The van der Waals surface area contributed by atoms with Crippen molar-refractivity contribution in [2.45, 2.75) is 25.7 Å². The number of nitrogens with zero attached hydrogens (tertiary/aromatic N) is 1. The van der Waals surface area contributed by atoms with Crippen molar-refractivity contribution in [1.82, 2.24) is 4.98 Å². The first-order chi connectivity index (χ1) is 6.12. The summed E-state index contributed by atoms with van der Waals surface area (Å²) in [4.78, 5) is 3.99. The van der Waals surface area contributed by atoms with E-state index in [2.05, 4.69) is 18.8 Å². The van der Waals surface area contributed by atoms with Crippen molar-refractivity contribution in [3.05, 3.63) is 30.1 Å². The molecule has 1 N–H and O–H groups in total. The van der Waals surface area contributed by atoms with Crippen LogP contribution in [0.5, 0.6) is 0 Å². The van der Waals surface area contributed by atoms with Crippen LogP contribution in [0, 0.1) is 5.41 Å². The summed E-state index contributed by atoms with van der Waals surface area (Å²) in [6.45, 7) is 4.64. The van der Waals surface area contributed by atoms with Crippen LogP contribution in [-0.2, 0) is 5.41 Å². The molecule has 1 aromatic rings. The number of hydrogen-bond donors (Lipinski definition) is 1. The lowest BCUT2D eigenvalue weighted by Crippen LogP contribution is -2.19. The van der Waals surface area contributed by atoms with E-state index in [4.69, 9.17) is 0 Å². The second-order valence-corrected chi connectivity index (χ2v) is 4.54. The van der Waals surface area contributed by atoms with Gasteiger partial charge in [0.05, 0.1) is 6.61 Å². The Morgan fingerprint density at radius 3 is 2.31 bits per heavy atom. The van der Waals surface area contributed by atoms with E-state index in [1.807, 2.05) is 12.1 Å². The average molecular weight is 177 g/mol. The van der Waals surface area contributed by atoms with Crippen molar-refractivity contribution in [1.29, 1.82) is 0 Å². The molecule has 1 aliphatic carbocycles. The standard InChI is InChI=1S/C11H15NO/c1-10(2)7-11(10,8-13)9-3-5-12-6-4-9/h3-6,13H,7-8H2,1-2H3. The number of aromatic nitrogens is 1. The van der Waals surface area contributed by atoms with Gasteiger partial charge in [-0.15, -0.1) is 0 Å². The van der Waals surface area contributed by atoms with E-state index in [0.717, 1.165) is 6.42 Å². The van der Waals surface area contributed by atoms with Gasteiger partial charge < -0.3 is 5.11 Å². The fraction of sp³-hybridized carbons (Fsp3) is 0.545. The third-order valence-electron chi connectivity index (χ3n) is 3.42. The van der Waals surface area contributed by atoms with Crippen LogP contribution in [0.25, 0.3) is 0 Å². The number of rotatable bonds is 2. The Kier molecular flexibility index (Phi) is 1.70. The van der Waals surface area contributed by atoms with Gasteiger partial charge in [-0.05, 0) is 29.5 Å². The molecule has 2 rings (SSSR count). The molecule has 1 fully saturated rings. The molecule has 1 heterocycles. The maximum atomic E-state index is 9.43. The quantitative estimate of drug-likeness (QED) is 0.746. The molecule has 0 radical (unpaired) electrons. The molecule has 0 bridgehead atoms. The molecule has 0 amide bonds. The van der Waals surface area contributed by atoms with Gasteiger partial charge >= 0.3 is 0 Å². The molecule has 0 saturated heterocycles. The minimum Gasteiger partial charge on any atom is -0.395 e. The molecule has 1 atom stereocenters. The largest absolute Gasteiger partial charge is 0.395 e. The highest BCUT2D eigenvalue weighted by Gasteiger charge is 2.61. The van der Waals surface area contributed by atoms with Crippen LogP contribution in [0.1, 0.15) is 25.8 Å². The van der Waals surface area contributed by atoms with Gasteiger partial charge in [-0.1, -0.05) is 13.8 Å². The summed E-state index contributed by atoms with van der Waals surface area (Å²) < 4.78 is 0. The Labute approximate surface area is 78.6 Å². The average Bonchev–Trinajstić information content (AvgIpc) is 2.72. The first kappa shape index (κ1) is 8.70. The summed E-state index contributed by atoms with van der Waals surface area (Å²) >= 11 is 0. The Bertz CT molecular complexity index is 307. The predicted molar refractivity (Wildman–Crippen MR) is 51.4 cm³/mol. The van der Waals surface area contributed by atoms with Gasteiger partial charge in [-0.25, -0.2) is 0 Å². The van der Waals surface area contributed by atoms with E-state index in [0.29, 0.717) is 0 Å². The topological polar surface area (TPSA) is 33.1 Å². The van der Waals surface area contributed by atoms with Crippen molar-refractivity contribution >= 4 is 0 Å². The first-order valence-electron chi connectivity index (χ1n) is 4.64. The predicted octanol–water partition coefficient (Wildman–Crippen LogP) is 1.74. The van der Waals surface area contributed by atoms with Crippen LogP contribution in [0.3, 0.4) is 0 Å². The van der Waals surface area contributed by atoms with E-state index in [1.54, 1.807) is 12.4 Å². The van der Waals surface area contributed by atoms with E-state index >= 15 is 0 Å². The normalized spacial score (nSPS) is 30.1. The number of aliphatic hydroxyl groups is 1. The van der Waals surface area contributed by atoms with E-state index < -0.39 is 0 Å². The van der Waals surface area contributed by atoms with Crippen LogP contribution in [0.4, 0.5) is 0 Å². The molecule has 1 aromatic heterocycles. The summed E-state index contributed by atoms with van der Waals surface area (Å²) in [5.41, 5.74) is 1.45. The van der Waals surface area contributed by atoms with Crippen molar-refractivity contribution in [3.8, 4) is 0 Å². The third-order valence-corrected chi connectivity index (χ3v) is 3.42. The lowest BCUT2D eigenvalue weighted by atomic mass is 9.89. The zero-order chi connectivity index (χ0) is 9.53. The number of pyridine rings is 1. The summed E-state index contributed by atoms with van der Waals surface area (Å²) in [6, 6.07) is 4.01. The highest BCUT2D eigenvalue weighted by Crippen LogP contribution is 2.63. The summed E-state index contributed by atoms with van der Waals surface area (Å²) in [5, 5.41) is 9.43. The minimum absolute atomic E-state index is 0.00403.